The zero-order valence-electron chi connectivity index (χ0n) is 12.2. The lowest BCUT2D eigenvalue weighted by molar-refractivity contribution is 0.528. The fourth-order valence-electron chi connectivity index (χ4n) is 1.99. The van der Waals surface area contributed by atoms with E-state index in [1.54, 1.807) is 12.1 Å². The predicted octanol–water partition coefficient (Wildman–Crippen LogP) is 4.05. The van der Waals surface area contributed by atoms with E-state index in [9.17, 15) is 8.42 Å². The Morgan fingerprint density at radius 3 is 2.35 bits per heavy atom. The minimum atomic E-state index is -3.39. The normalized spacial score (nSPS) is 13.3. The summed E-state index contributed by atoms with van der Waals surface area (Å²) in [6.07, 6.45) is 5.59. The minimum absolute atomic E-state index is 0.0266. The zero-order chi connectivity index (χ0) is 15.0. The summed E-state index contributed by atoms with van der Waals surface area (Å²) >= 11 is 2.25. The van der Waals surface area contributed by atoms with Crippen LogP contribution in [0.1, 0.15) is 44.6 Å². The van der Waals surface area contributed by atoms with Crippen LogP contribution in [-0.2, 0) is 10.0 Å². The van der Waals surface area contributed by atoms with Crippen molar-refractivity contribution in [2.75, 3.05) is 4.43 Å². The second kappa shape index (κ2) is 9.00. The van der Waals surface area contributed by atoms with Gasteiger partial charge in [0.25, 0.3) is 0 Å². The van der Waals surface area contributed by atoms with Crippen LogP contribution >= 0.6 is 22.6 Å². The van der Waals surface area contributed by atoms with Gasteiger partial charge in [0.1, 0.15) is 0 Å². The summed E-state index contributed by atoms with van der Waals surface area (Å²) in [4.78, 5) is 0.353. The third kappa shape index (κ3) is 6.10. The van der Waals surface area contributed by atoms with Crippen LogP contribution in [0.4, 0.5) is 0 Å². The van der Waals surface area contributed by atoms with Crippen molar-refractivity contribution < 1.29 is 8.42 Å². The fourth-order valence-corrected chi connectivity index (χ4v) is 4.22. The van der Waals surface area contributed by atoms with Crippen molar-refractivity contribution in [1.29, 1.82) is 0 Å². The van der Waals surface area contributed by atoms with Crippen molar-refractivity contribution in [2.45, 2.75) is 56.9 Å². The molecule has 114 valence electrons. The molecule has 1 atom stereocenters. The SMILES string of the molecule is CCCCCC[C@H](CI)NS(=O)(=O)c1ccc(C)cc1. The van der Waals surface area contributed by atoms with Crippen LogP contribution in [0.25, 0.3) is 0 Å². The number of halogens is 1. The quantitative estimate of drug-likeness (QED) is 0.380. The van der Waals surface area contributed by atoms with E-state index in [4.69, 9.17) is 0 Å². The minimum Gasteiger partial charge on any atom is -0.207 e. The summed E-state index contributed by atoms with van der Waals surface area (Å²) in [5, 5.41) is 0. The van der Waals surface area contributed by atoms with Crippen LogP contribution in [0, 0.1) is 6.92 Å². The highest BCUT2D eigenvalue weighted by atomic mass is 127. The number of aryl methyl sites for hydroxylation is 1. The molecular formula is C15H24INO2S. The first kappa shape index (κ1) is 17.9. The average molecular weight is 409 g/mol. The van der Waals surface area contributed by atoms with Gasteiger partial charge < -0.3 is 0 Å². The van der Waals surface area contributed by atoms with Crippen LogP contribution in [0.3, 0.4) is 0 Å². The molecule has 0 heterocycles. The van der Waals surface area contributed by atoms with E-state index >= 15 is 0 Å². The van der Waals surface area contributed by atoms with Crippen LogP contribution in [0.5, 0.6) is 0 Å². The molecule has 1 N–H and O–H groups in total. The van der Waals surface area contributed by atoms with E-state index in [0.717, 1.165) is 22.8 Å². The molecule has 3 nitrogen and oxygen atoms in total. The van der Waals surface area contributed by atoms with E-state index < -0.39 is 10.0 Å². The molecule has 0 radical (unpaired) electrons. The Balaban J connectivity index is 2.60. The van der Waals surface area contributed by atoms with Gasteiger partial charge in [0.15, 0.2) is 0 Å². The molecule has 1 aromatic rings. The summed E-state index contributed by atoms with van der Waals surface area (Å²) in [6.45, 7) is 4.13. The van der Waals surface area contributed by atoms with Crippen molar-refractivity contribution in [2.24, 2.45) is 0 Å². The lowest BCUT2D eigenvalue weighted by atomic mass is 10.1. The van der Waals surface area contributed by atoms with Crippen molar-refractivity contribution in [3.63, 3.8) is 0 Å². The lowest BCUT2D eigenvalue weighted by Gasteiger charge is -2.16. The second-order valence-electron chi connectivity index (χ2n) is 5.13. The molecular weight excluding hydrogens is 385 g/mol. The maximum Gasteiger partial charge on any atom is 0.240 e. The highest BCUT2D eigenvalue weighted by Gasteiger charge is 2.18. The molecule has 5 heteroatoms. The van der Waals surface area contributed by atoms with Crippen molar-refractivity contribution in [3.8, 4) is 0 Å². The van der Waals surface area contributed by atoms with E-state index in [2.05, 4.69) is 34.2 Å². The number of nitrogens with one attached hydrogen (secondary N) is 1. The van der Waals surface area contributed by atoms with Gasteiger partial charge in [0.2, 0.25) is 10.0 Å². The maximum atomic E-state index is 12.3. The van der Waals surface area contributed by atoms with Crippen LogP contribution in [0.15, 0.2) is 29.2 Å². The van der Waals surface area contributed by atoms with Gasteiger partial charge >= 0.3 is 0 Å². The van der Waals surface area contributed by atoms with Gasteiger partial charge in [-0.05, 0) is 25.5 Å². The van der Waals surface area contributed by atoms with Gasteiger partial charge in [-0.3, -0.25) is 0 Å². The van der Waals surface area contributed by atoms with Crippen LogP contribution in [0.2, 0.25) is 0 Å². The Bertz CT molecular complexity index is 485. The maximum absolute atomic E-state index is 12.3. The number of benzene rings is 1. The smallest absolute Gasteiger partial charge is 0.207 e. The van der Waals surface area contributed by atoms with Gasteiger partial charge in [0.05, 0.1) is 4.90 Å². The first-order valence-corrected chi connectivity index (χ1v) is 10.2. The molecule has 0 aliphatic carbocycles. The molecule has 1 rings (SSSR count). The molecule has 20 heavy (non-hydrogen) atoms. The topological polar surface area (TPSA) is 46.2 Å². The molecule has 1 aromatic carbocycles. The van der Waals surface area contributed by atoms with E-state index in [1.807, 2.05) is 19.1 Å². The van der Waals surface area contributed by atoms with Gasteiger partial charge in [-0.15, -0.1) is 0 Å². The Morgan fingerprint density at radius 2 is 1.80 bits per heavy atom. The average Bonchev–Trinajstić information content (AvgIpc) is 2.42. The number of hydrogen-bond donors (Lipinski definition) is 1. The molecule has 0 saturated heterocycles. The van der Waals surface area contributed by atoms with Gasteiger partial charge in [-0.2, -0.15) is 0 Å². The Morgan fingerprint density at radius 1 is 1.15 bits per heavy atom. The summed E-state index contributed by atoms with van der Waals surface area (Å²) in [5.41, 5.74) is 1.06. The molecule has 0 bridgehead atoms. The molecule has 0 unspecified atom stereocenters. The van der Waals surface area contributed by atoms with E-state index in [0.29, 0.717) is 4.90 Å². The highest BCUT2D eigenvalue weighted by Crippen LogP contribution is 2.14. The molecule has 0 aliphatic rings. The first-order chi connectivity index (χ1) is 9.49. The summed E-state index contributed by atoms with van der Waals surface area (Å²) in [7, 11) is -3.39. The lowest BCUT2D eigenvalue weighted by Crippen LogP contribution is -2.36. The number of unbranched alkanes of at least 4 members (excludes halogenated alkanes) is 3. The first-order valence-electron chi connectivity index (χ1n) is 7.14. The third-order valence-electron chi connectivity index (χ3n) is 3.25. The standard InChI is InChI=1S/C15H24INO2S/c1-3-4-5-6-7-14(12-16)17-20(18,19)15-10-8-13(2)9-11-15/h8-11,14,17H,3-7,12H2,1-2H3/t14-/m1/s1. The largest absolute Gasteiger partial charge is 0.240 e. The van der Waals surface area contributed by atoms with Gasteiger partial charge in [0, 0.05) is 10.5 Å². The molecule has 0 spiro atoms. The number of alkyl halides is 1. The predicted molar refractivity (Wildman–Crippen MR) is 92.9 cm³/mol. The van der Waals surface area contributed by atoms with E-state index in [-0.39, 0.29) is 6.04 Å². The van der Waals surface area contributed by atoms with Gasteiger partial charge in [-0.1, -0.05) is 72.9 Å². The summed E-state index contributed by atoms with van der Waals surface area (Å²) in [6, 6.07) is 7.01. The molecule has 0 aliphatic heterocycles. The number of sulfonamides is 1. The van der Waals surface area contributed by atoms with Crippen LogP contribution in [-0.4, -0.2) is 18.9 Å². The van der Waals surface area contributed by atoms with Crippen molar-refractivity contribution in [1.82, 2.24) is 4.72 Å². The molecule has 0 amide bonds. The Labute approximate surface area is 136 Å². The van der Waals surface area contributed by atoms with Crippen LogP contribution < -0.4 is 4.72 Å². The Hall–Kier alpha value is -0.140. The fraction of sp³-hybridized carbons (Fsp3) is 0.600. The number of rotatable bonds is 9. The molecule has 0 aromatic heterocycles. The van der Waals surface area contributed by atoms with E-state index in [1.165, 1.54) is 19.3 Å². The third-order valence-corrected chi connectivity index (χ3v) is 5.85. The monoisotopic (exact) mass is 409 g/mol. The molecule has 0 saturated carbocycles. The van der Waals surface area contributed by atoms with Crippen molar-refractivity contribution >= 4 is 32.6 Å². The van der Waals surface area contributed by atoms with Gasteiger partial charge in [-0.25, -0.2) is 13.1 Å². The summed E-state index contributed by atoms with van der Waals surface area (Å²) < 4.78 is 28.2. The zero-order valence-corrected chi connectivity index (χ0v) is 15.2. The Kier molecular flexibility index (Phi) is 8.06. The highest BCUT2D eigenvalue weighted by molar-refractivity contribution is 14.1. The van der Waals surface area contributed by atoms with Crippen molar-refractivity contribution in [3.05, 3.63) is 29.8 Å². The number of hydrogen-bond acceptors (Lipinski definition) is 2. The summed E-state index contributed by atoms with van der Waals surface area (Å²) in [5.74, 6) is 0. The second-order valence-corrected chi connectivity index (χ2v) is 7.73. The molecule has 0 fully saturated rings.